The van der Waals surface area contributed by atoms with Crippen LogP contribution in [-0.2, 0) is 7.05 Å². The van der Waals surface area contributed by atoms with Crippen LogP contribution in [0.5, 0.6) is 0 Å². The number of hydrogen-bond donors (Lipinski definition) is 0. The molecule has 1 aliphatic rings. The Morgan fingerprint density at radius 1 is 1.26 bits per heavy atom. The molecule has 2 aromatic heterocycles. The number of nitrogens with zero attached hydrogens (tertiary/aromatic N) is 5. The van der Waals surface area contributed by atoms with E-state index in [0.29, 0.717) is 18.2 Å². The van der Waals surface area contributed by atoms with Gasteiger partial charge in [-0.25, -0.2) is 0 Å². The molecule has 0 N–H and O–H groups in total. The lowest BCUT2D eigenvalue weighted by atomic mass is 10.1. The van der Waals surface area contributed by atoms with Crippen LogP contribution in [0.2, 0.25) is 0 Å². The highest BCUT2D eigenvalue weighted by atomic mass is 16.2. The monoisotopic (exact) mass is 315 g/mol. The van der Waals surface area contributed by atoms with Gasteiger partial charge in [-0.3, -0.25) is 14.2 Å². The van der Waals surface area contributed by atoms with E-state index >= 15 is 0 Å². The molecule has 2 aromatic rings. The highest BCUT2D eigenvalue weighted by Crippen LogP contribution is 2.25. The number of likely N-dealkylation sites (tertiary alicyclic amines) is 1. The summed E-state index contributed by atoms with van der Waals surface area (Å²) in [4.78, 5) is 14.7. The Morgan fingerprint density at radius 2 is 2.00 bits per heavy atom. The quantitative estimate of drug-likeness (QED) is 0.874. The van der Waals surface area contributed by atoms with Crippen LogP contribution < -0.4 is 0 Å². The van der Waals surface area contributed by atoms with Gasteiger partial charge in [0.1, 0.15) is 5.69 Å². The molecule has 0 spiro atoms. The van der Waals surface area contributed by atoms with Gasteiger partial charge >= 0.3 is 0 Å². The summed E-state index contributed by atoms with van der Waals surface area (Å²) < 4.78 is 3.76. The van der Waals surface area contributed by atoms with Crippen LogP contribution in [0, 0.1) is 13.8 Å². The molecule has 1 saturated heterocycles. The second-order valence-corrected chi connectivity index (χ2v) is 6.80. The summed E-state index contributed by atoms with van der Waals surface area (Å²) >= 11 is 0. The molecule has 3 heterocycles. The molecule has 1 fully saturated rings. The zero-order chi connectivity index (χ0) is 16.7. The normalized spacial score (nSPS) is 18.2. The third-order valence-electron chi connectivity index (χ3n) is 4.55. The van der Waals surface area contributed by atoms with E-state index in [-0.39, 0.29) is 11.9 Å². The first-order valence-electron chi connectivity index (χ1n) is 8.22. The first kappa shape index (κ1) is 15.8. The van der Waals surface area contributed by atoms with Crippen molar-refractivity contribution in [2.24, 2.45) is 7.05 Å². The van der Waals surface area contributed by atoms with Gasteiger partial charge in [0.05, 0.1) is 17.4 Å². The number of aromatic nitrogens is 4. The molecule has 23 heavy (non-hydrogen) atoms. The molecular formula is C17H25N5O. The van der Waals surface area contributed by atoms with Gasteiger partial charge < -0.3 is 4.90 Å². The van der Waals surface area contributed by atoms with Crippen LogP contribution in [0.3, 0.4) is 0 Å². The fourth-order valence-electron chi connectivity index (χ4n) is 3.28. The molecule has 6 nitrogen and oxygen atoms in total. The standard InChI is InChI=1S/C17H25N5O/c1-11(2)15-9-16(20(5)19-15)17(23)21-7-6-14(10-21)22-13(4)8-12(3)18-22/h8-9,11,14H,6-7,10H2,1-5H3/t14-/m1/s1. The van der Waals surface area contributed by atoms with Crippen molar-refractivity contribution in [2.45, 2.75) is 46.1 Å². The molecule has 0 saturated carbocycles. The van der Waals surface area contributed by atoms with Crippen molar-refractivity contribution < 1.29 is 4.79 Å². The van der Waals surface area contributed by atoms with Crippen molar-refractivity contribution in [3.8, 4) is 0 Å². The number of rotatable bonds is 3. The van der Waals surface area contributed by atoms with Gasteiger partial charge in [0.25, 0.3) is 5.91 Å². The minimum atomic E-state index is 0.0657. The summed E-state index contributed by atoms with van der Waals surface area (Å²) in [6, 6.07) is 4.27. The highest BCUT2D eigenvalue weighted by Gasteiger charge is 2.30. The SMILES string of the molecule is Cc1cc(C)n([C@@H]2CCN(C(=O)c3cc(C(C)C)nn3C)C2)n1. The Labute approximate surface area is 137 Å². The lowest BCUT2D eigenvalue weighted by molar-refractivity contribution is 0.0776. The Balaban J connectivity index is 1.76. The summed E-state index contributed by atoms with van der Waals surface area (Å²) in [6.07, 6.45) is 0.947. The van der Waals surface area contributed by atoms with Gasteiger partial charge in [-0.2, -0.15) is 10.2 Å². The molecule has 1 aliphatic heterocycles. The van der Waals surface area contributed by atoms with Crippen LogP contribution in [0.15, 0.2) is 12.1 Å². The van der Waals surface area contributed by atoms with E-state index in [1.807, 2.05) is 24.9 Å². The molecule has 0 aliphatic carbocycles. The van der Waals surface area contributed by atoms with Crippen LogP contribution in [0.1, 0.15) is 59.8 Å². The summed E-state index contributed by atoms with van der Waals surface area (Å²) in [5, 5.41) is 9.01. The Bertz CT molecular complexity index is 727. The van der Waals surface area contributed by atoms with Gasteiger partial charge in [-0.05, 0) is 38.3 Å². The Kier molecular flexibility index (Phi) is 4.00. The van der Waals surface area contributed by atoms with E-state index in [1.165, 1.54) is 0 Å². The van der Waals surface area contributed by atoms with Crippen molar-refractivity contribution in [3.05, 3.63) is 34.9 Å². The lowest BCUT2D eigenvalue weighted by Crippen LogP contribution is -2.30. The van der Waals surface area contributed by atoms with Crippen LogP contribution in [0.4, 0.5) is 0 Å². The number of amides is 1. The van der Waals surface area contributed by atoms with Gasteiger partial charge in [0.15, 0.2) is 0 Å². The maximum absolute atomic E-state index is 12.8. The summed E-state index contributed by atoms with van der Waals surface area (Å²) in [7, 11) is 1.84. The highest BCUT2D eigenvalue weighted by molar-refractivity contribution is 5.93. The smallest absolute Gasteiger partial charge is 0.272 e. The molecular weight excluding hydrogens is 290 g/mol. The van der Waals surface area contributed by atoms with E-state index < -0.39 is 0 Å². The van der Waals surface area contributed by atoms with E-state index in [4.69, 9.17) is 0 Å². The van der Waals surface area contributed by atoms with E-state index in [9.17, 15) is 4.79 Å². The minimum Gasteiger partial charge on any atom is -0.335 e. The average molecular weight is 315 g/mol. The fourth-order valence-corrected chi connectivity index (χ4v) is 3.28. The van der Waals surface area contributed by atoms with Gasteiger partial charge in [-0.15, -0.1) is 0 Å². The van der Waals surface area contributed by atoms with Gasteiger partial charge in [0.2, 0.25) is 0 Å². The molecule has 1 amide bonds. The van der Waals surface area contributed by atoms with Crippen molar-refractivity contribution in [1.82, 2.24) is 24.5 Å². The van der Waals surface area contributed by atoms with Crippen molar-refractivity contribution in [2.75, 3.05) is 13.1 Å². The van der Waals surface area contributed by atoms with Gasteiger partial charge in [0, 0.05) is 25.8 Å². The zero-order valence-electron chi connectivity index (χ0n) is 14.6. The molecule has 0 unspecified atom stereocenters. The predicted octanol–water partition coefficient (Wildman–Crippen LogP) is 2.44. The third kappa shape index (κ3) is 2.90. The number of aryl methyl sites for hydroxylation is 3. The molecule has 0 bridgehead atoms. The second kappa shape index (κ2) is 5.83. The largest absolute Gasteiger partial charge is 0.335 e. The third-order valence-corrected chi connectivity index (χ3v) is 4.55. The molecule has 124 valence electrons. The summed E-state index contributed by atoms with van der Waals surface area (Å²) in [5.41, 5.74) is 3.82. The predicted molar refractivity (Wildman–Crippen MR) is 88.6 cm³/mol. The molecule has 6 heteroatoms. The maximum atomic E-state index is 12.8. The zero-order valence-corrected chi connectivity index (χ0v) is 14.6. The molecule has 3 rings (SSSR count). The van der Waals surface area contributed by atoms with Crippen molar-refractivity contribution in [3.63, 3.8) is 0 Å². The maximum Gasteiger partial charge on any atom is 0.272 e. The molecule has 1 atom stereocenters. The van der Waals surface area contributed by atoms with E-state index in [1.54, 1.807) is 4.68 Å². The topological polar surface area (TPSA) is 56.0 Å². The number of carbonyl (C=O) groups is 1. The first-order chi connectivity index (χ1) is 10.9. The van der Waals surface area contributed by atoms with E-state index in [2.05, 4.69) is 41.7 Å². The van der Waals surface area contributed by atoms with Gasteiger partial charge in [-0.1, -0.05) is 13.8 Å². The average Bonchev–Trinajstić information content (AvgIpc) is 3.16. The number of hydrogen-bond acceptors (Lipinski definition) is 3. The summed E-state index contributed by atoms with van der Waals surface area (Å²) in [5.74, 6) is 0.389. The Morgan fingerprint density at radius 3 is 2.57 bits per heavy atom. The van der Waals surface area contributed by atoms with Crippen molar-refractivity contribution >= 4 is 5.91 Å². The molecule has 0 aromatic carbocycles. The Hall–Kier alpha value is -2.11. The van der Waals surface area contributed by atoms with Crippen molar-refractivity contribution in [1.29, 1.82) is 0 Å². The van der Waals surface area contributed by atoms with Crippen LogP contribution in [-0.4, -0.2) is 43.5 Å². The summed E-state index contributed by atoms with van der Waals surface area (Å²) in [6.45, 7) is 9.73. The fraction of sp³-hybridized carbons (Fsp3) is 0.588. The minimum absolute atomic E-state index is 0.0657. The van der Waals surface area contributed by atoms with Crippen LogP contribution in [0.25, 0.3) is 0 Å². The lowest BCUT2D eigenvalue weighted by Gasteiger charge is -2.17. The second-order valence-electron chi connectivity index (χ2n) is 6.80. The first-order valence-corrected chi connectivity index (χ1v) is 8.22. The number of carbonyl (C=O) groups excluding carboxylic acids is 1. The molecule has 0 radical (unpaired) electrons. The van der Waals surface area contributed by atoms with Crippen LogP contribution >= 0.6 is 0 Å². The van der Waals surface area contributed by atoms with E-state index in [0.717, 1.165) is 30.0 Å².